The lowest BCUT2D eigenvalue weighted by Gasteiger charge is -2.22. The van der Waals surface area contributed by atoms with Crippen molar-refractivity contribution in [2.75, 3.05) is 12.4 Å². The topological polar surface area (TPSA) is 55.4 Å². The minimum atomic E-state index is -0.379. The Hall–Kier alpha value is -2.44. The summed E-state index contributed by atoms with van der Waals surface area (Å²) in [5.74, 6) is -0.125. The molecular formula is C23H23NO3S2. The van der Waals surface area contributed by atoms with Gasteiger partial charge in [-0.3, -0.25) is 4.79 Å². The molecule has 150 valence electrons. The van der Waals surface area contributed by atoms with E-state index in [9.17, 15) is 9.59 Å². The van der Waals surface area contributed by atoms with Crippen molar-refractivity contribution in [1.82, 2.24) is 0 Å². The molecular weight excluding hydrogens is 402 g/mol. The molecule has 3 aromatic rings. The number of aryl methyl sites for hydroxylation is 1. The molecule has 0 saturated heterocycles. The average Bonchev–Trinajstić information content (AvgIpc) is 3.37. The number of carbonyl (C=O) groups excluding carboxylic acids is 2. The maximum atomic E-state index is 12.8. The van der Waals surface area contributed by atoms with Crippen LogP contribution in [0.4, 0.5) is 5.00 Å². The van der Waals surface area contributed by atoms with Crippen LogP contribution in [0.5, 0.6) is 0 Å². The fourth-order valence-electron chi connectivity index (χ4n) is 3.86. The number of methoxy groups -OCH3 is 1. The first-order valence-electron chi connectivity index (χ1n) is 9.77. The van der Waals surface area contributed by atoms with Gasteiger partial charge in [0.05, 0.1) is 18.2 Å². The normalized spacial score (nSPS) is 15.6. The quantitative estimate of drug-likeness (QED) is 0.535. The van der Waals surface area contributed by atoms with Crippen LogP contribution in [0.25, 0.3) is 0 Å². The van der Waals surface area contributed by atoms with Gasteiger partial charge in [0.2, 0.25) is 0 Å². The Morgan fingerprint density at radius 3 is 2.72 bits per heavy atom. The summed E-state index contributed by atoms with van der Waals surface area (Å²) >= 11 is 3.09. The highest BCUT2D eigenvalue weighted by Crippen LogP contribution is 2.43. The third-order valence-electron chi connectivity index (χ3n) is 5.42. The SMILES string of the molecule is CCc1cc(C(=O)Nc2sc3c(c2C(=O)OC)CC[C@H](c2ccccc2)C3)cs1. The summed E-state index contributed by atoms with van der Waals surface area (Å²) in [6, 6.07) is 12.4. The van der Waals surface area contributed by atoms with Crippen molar-refractivity contribution in [3.05, 3.63) is 73.8 Å². The molecule has 1 amide bonds. The monoisotopic (exact) mass is 425 g/mol. The van der Waals surface area contributed by atoms with E-state index >= 15 is 0 Å². The molecule has 0 unspecified atom stereocenters. The third kappa shape index (κ3) is 4.00. The number of nitrogens with one attached hydrogen (secondary N) is 1. The molecule has 1 aromatic carbocycles. The van der Waals surface area contributed by atoms with E-state index < -0.39 is 0 Å². The van der Waals surface area contributed by atoms with Crippen LogP contribution in [0.2, 0.25) is 0 Å². The van der Waals surface area contributed by atoms with Gasteiger partial charge in [0.1, 0.15) is 5.00 Å². The number of benzene rings is 1. The van der Waals surface area contributed by atoms with Crippen molar-refractivity contribution < 1.29 is 14.3 Å². The molecule has 0 bridgehead atoms. The smallest absolute Gasteiger partial charge is 0.341 e. The van der Waals surface area contributed by atoms with Crippen molar-refractivity contribution in [3.8, 4) is 0 Å². The van der Waals surface area contributed by atoms with Crippen molar-refractivity contribution >= 4 is 39.6 Å². The summed E-state index contributed by atoms with van der Waals surface area (Å²) in [4.78, 5) is 27.6. The Balaban J connectivity index is 1.63. The van der Waals surface area contributed by atoms with Crippen LogP contribution in [0.1, 0.15) is 60.9 Å². The zero-order chi connectivity index (χ0) is 20.4. The lowest BCUT2D eigenvalue weighted by Crippen LogP contribution is -2.16. The summed E-state index contributed by atoms with van der Waals surface area (Å²) in [7, 11) is 1.39. The molecule has 0 aliphatic heterocycles. The average molecular weight is 426 g/mol. The maximum absolute atomic E-state index is 12.8. The summed E-state index contributed by atoms with van der Waals surface area (Å²) in [5, 5.41) is 5.44. The standard InChI is InChI=1S/C23H23NO3S2/c1-3-17-11-16(13-28-17)21(25)24-22-20(23(26)27-2)18-10-9-15(12-19(18)29-22)14-7-5-4-6-8-14/h4-8,11,13,15H,3,9-10,12H2,1-2H3,(H,24,25)/t15-/m0/s1. The van der Waals surface area contributed by atoms with Gasteiger partial charge in [-0.05, 0) is 48.8 Å². The van der Waals surface area contributed by atoms with E-state index in [0.29, 0.717) is 22.0 Å². The highest BCUT2D eigenvalue weighted by atomic mass is 32.1. The van der Waals surface area contributed by atoms with E-state index in [1.54, 1.807) is 11.3 Å². The number of amides is 1. The van der Waals surface area contributed by atoms with E-state index in [4.69, 9.17) is 4.74 Å². The molecule has 6 heteroatoms. The lowest BCUT2D eigenvalue weighted by molar-refractivity contribution is 0.0601. The molecule has 0 saturated carbocycles. The molecule has 2 aromatic heterocycles. The number of esters is 1. The van der Waals surface area contributed by atoms with E-state index in [2.05, 4.69) is 36.5 Å². The van der Waals surface area contributed by atoms with E-state index in [-0.39, 0.29) is 11.9 Å². The largest absolute Gasteiger partial charge is 0.465 e. The first-order chi connectivity index (χ1) is 14.1. The van der Waals surface area contributed by atoms with Crippen molar-refractivity contribution in [1.29, 1.82) is 0 Å². The van der Waals surface area contributed by atoms with Gasteiger partial charge in [-0.25, -0.2) is 4.79 Å². The molecule has 0 radical (unpaired) electrons. The second kappa shape index (κ2) is 8.51. The van der Waals surface area contributed by atoms with Gasteiger partial charge in [-0.15, -0.1) is 22.7 Å². The van der Waals surface area contributed by atoms with Gasteiger partial charge in [-0.2, -0.15) is 0 Å². The van der Waals surface area contributed by atoms with Crippen LogP contribution in [-0.4, -0.2) is 19.0 Å². The Kier molecular flexibility index (Phi) is 5.83. The van der Waals surface area contributed by atoms with Crippen molar-refractivity contribution in [2.24, 2.45) is 0 Å². The summed E-state index contributed by atoms with van der Waals surface area (Å²) in [6.07, 6.45) is 3.57. The van der Waals surface area contributed by atoms with Crippen LogP contribution in [-0.2, 0) is 24.0 Å². The molecule has 1 atom stereocenters. The Morgan fingerprint density at radius 2 is 2.03 bits per heavy atom. The molecule has 2 heterocycles. The van der Waals surface area contributed by atoms with Gasteiger partial charge in [0.25, 0.3) is 5.91 Å². The van der Waals surface area contributed by atoms with Crippen LogP contribution in [0.3, 0.4) is 0 Å². The molecule has 1 aliphatic rings. The number of ether oxygens (including phenoxy) is 1. The number of carbonyl (C=O) groups is 2. The van der Waals surface area contributed by atoms with E-state index in [1.807, 2.05) is 17.5 Å². The Bertz CT molecular complexity index is 1040. The van der Waals surface area contributed by atoms with Crippen molar-refractivity contribution in [3.63, 3.8) is 0 Å². The van der Waals surface area contributed by atoms with Gasteiger partial charge in [0.15, 0.2) is 0 Å². The number of hydrogen-bond acceptors (Lipinski definition) is 5. The number of hydrogen-bond donors (Lipinski definition) is 1. The Morgan fingerprint density at radius 1 is 1.24 bits per heavy atom. The zero-order valence-corrected chi connectivity index (χ0v) is 18.1. The molecule has 4 nitrogen and oxygen atoms in total. The number of anilines is 1. The predicted octanol–water partition coefficient (Wildman–Crippen LogP) is 5.68. The number of fused-ring (bicyclic) bond motifs is 1. The maximum Gasteiger partial charge on any atom is 0.341 e. The second-order valence-corrected chi connectivity index (χ2v) is 9.26. The van der Waals surface area contributed by atoms with E-state index in [0.717, 1.165) is 31.2 Å². The predicted molar refractivity (Wildman–Crippen MR) is 119 cm³/mol. The fourth-order valence-corrected chi connectivity index (χ4v) is 5.99. The zero-order valence-electron chi connectivity index (χ0n) is 16.5. The highest BCUT2D eigenvalue weighted by molar-refractivity contribution is 7.17. The minimum absolute atomic E-state index is 0.177. The van der Waals surface area contributed by atoms with Gasteiger partial charge < -0.3 is 10.1 Å². The Labute approximate surface area is 178 Å². The third-order valence-corrected chi connectivity index (χ3v) is 7.67. The summed E-state index contributed by atoms with van der Waals surface area (Å²) in [5.41, 5.74) is 3.51. The first kappa shape index (κ1) is 19.9. The number of thiophene rings is 2. The lowest BCUT2D eigenvalue weighted by atomic mass is 9.83. The minimum Gasteiger partial charge on any atom is -0.465 e. The van der Waals surface area contributed by atoms with Gasteiger partial charge in [0, 0.05) is 15.1 Å². The van der Waals surface area contributed by atoms with Crippen molar-refractivity contribution in [2.45, 2.75) is 38.5 Å². The number of rotatable bonds is 5. The first-order valence-corrected chi connectivity index (χ1v) is 11.5. The summed E-state index contributed by atoms with van der Waals surface area (Å²) < 4.78 is 5.04. The fraction of sp³-hybridized carbons (Fsp3) is 0.304. The van der Waals surface area contributed by atoms with Crippen LogP contribution in [0.15, 0.2) is 41.8 Å². The highest BCUT2D eigenvalue weighted by Gasteiger charge is 2.30. The van der Waals surface area contributed by atoms with Gasteiger partial charge >= 0.3 is 5.97 Å². The molecule has 0 spiro atoms. The van der Waals surface area contributed by atoms with Crippen LogP contribution >= 0.6 is 22.7 Å². The van der Waals surface area contributed by atoms with Gasteiger partial charge in [-0.1, -0.05) is 37.3 Å². The molecule has 1 N–H and O–H groups in total. The molecule has 1 aliphatic carbocycles. The molecule has 4 rings (SSSR count). The van der Waals surface area contributed by atoms with E-state index in [1.165, 1.54) is 33.8 Å². The molecule has 29 heavy (non-hydrogen) atoms. The summed E-state index contributed by atoms with van der Waals surface area (Å²) in [6.45, 7) is 2.07. The van der Waals surface area contributed by atoms with Crippen LogP contribution < -0.4 is 5.32 Å². The van der Waals surface area contributed by atoms with Crippen LogP contribution in [0, 0.1) is 0 Å². The molecule has 0 fully saturated rings. The second-order valence-electron chi connectivity index (χ2n) is 7.16.